The lowest BCUT2D eigenvalue weighted by molar-refractivity contribution is -0.116. The van der Waals surface area contributed by atoms with Crippen LogP contribution in [0.25, 0.3) is 11.1 Å². The molecule has 1 fully saturated rings. The van der Waals surface area contributed by atoms with Crippen LogP contribution >= 0.6 is 11.6 Å². The molecule has 1 aliphatic rings. The highest BCUT2D eigenvalue weighted by atomic mass is 35.5. The van der Waals surface area contributed by atoms with E-state index in [-0.39, 0.29) is 5.91 Å². The van der Waals surface area contributed by atoms with Crippen LogP contribution in [-0.2, 0) is 17.8 Å². The van der Waals surface area contributed by atoms with Gasteiger partial charge in [-0.2, -0.15) is 0 Å². The summed E-state index contributed by atoms with van der Waals surface area (Å²) in [6, 6.07) is 24.2. The minimum absolute atomic E-state index is 0.0325. The Morgan fingerprint density at radius 2 is 1.45 bits per heavy atom. The summed E-state index contributed by atoms with van der Waals surface area (Å²) in [7, 11) is 0. The van der Waals surface area contributed by atoms with Gasteiger partial charge in [-0.15, -0.1) is 0 Å². The molecule has 1 saturated carbocycles. The van der Waals surface area contributed by atoms with Crippen molar-refractivity contribution in [3.05, 3.63) is 88.9 Å². The lowest BCUT2D eigenvalue weighted by atomic mass is 10.1. The number of hydrogen-bond donors (Lipinski definition) is 2. The third-order valence-electron chi connectivity index (χ3n) is 5.77. The van der Waals surface area contributed by atoms with E-state index < -0.39 is 0 Å². The number of carbonyl (C=O) groups is 1. The van der Waals surface area contributed by atoms with Gasteiger partial charge in [0.15, 0.2) is 0 Å². The van der Waals surface area contributed by atoms with E-state index in [0.717, 1.165) is 47.3 Å². The fourth-order valence-electron chi connectivity index (χ4n) is 3.64. The molecule has 0 unspecified atom stereocenters. The summed E-state index contributed by atoms with van der Waals surface area (Å²) in [5.74, 6) is 1.01. The van der Waals surface area contributed by atoms with Crippen molar-refractivity contribution in [3.8, 4) is 11.1 Å². The average molecular weight is 433 g/mol. The summed E-state index contributed by atoms with van der Waals surface area (Å²) < 4.78 is 0. The molecule has 1 aliphatic carbocycles. The number of benzene rings is 3. The molecule has 3 aromatic carbocycles. The van der Waals surface area contributed by atoms with Crippen LogP contribution in [0.1, 0.15) is 36.8 Å². The molecule has 0 bridgehead atoms. The van der Waals surface area contributed by atoms with Crippen LogP contribution in [-0.4, -0.2) is 12.5 Å². The second kappa shape index (κ2) is 10.6. The molecule has 0 aliphatic heterocycles. The topological polar surface area (TPSA) is 41.1 Å². The molecule has 0 atom stereocenters. The Hall–Kier alpha value is -2.62. The van der Waals surface area contributed by atoms with E-state index in [4.69, 9.17) is 11.6 Å². The molecule has 160 valence electrons. The predicted octanol–water partition coefficient (Wildman–Crippen LogP) is 6.47. The van der Waals surface area contributed by atoms with E-state index >= 15 is 0 Å². The van der Waals surface area contributed by atoms with Gasteiger partial charge in [-0.25, -0.2) is 0 Å². The molecule has 4 rings (SSSR count). The first-order chi connectivity index (χ1) is 15.2. The highest BCUT2D eigenvalue weighted by molar-refractivity contribution is 6.30. The fourth-order valence-corrected chi connectivity index (χ4v) is 3.76. The van der Waals surface area contributed by atoms with E-state index in [9.17, 15) is 4.79 Å². The van der Waals surface area contributed by atoms with E-state index in [1.807, 2.05) is 48.5 Å². The first-order valence-corrected chi connectivity index (χ1v) is 11.5. The Kier molecular flexibility index (Phi) is 7.39. The quantitative estimate of drug-likeness (QED) is 0.360. The molecule has 4 heteroatoms. The maximum atomic E-state index is 12.3. The Bertz CT molecular complexity index is 977. The molecule has 3 aromatic rings. The molecular formula is C27H29ClN2O. The maximum Gasteiger partial charge on any atom is 0.224 e. The zero-order valence-electron chi connectivity index (χ0n) is 17.7. The molecule has 0 radical (unpaired) electrons. The second-order valence-corrected chi connectivity index (χ2v) is 8.79. The van der Waals surface area contributed by atoms with Crippen LogP contribution in [0.15, 0.2) is 72.8 Å². The Labute approximate surface area is 189 Å². The number of carbonyl (C=O) groups excluding carboxylic acids is 1. The van der Waals surface area contributed by atoms with Crippen molar-refractivity contribution in [2.75, 3.05) is 11.9 Å². The van der Waals surface area contributed by atoms with Crippen LogP contribution < -0.4 is 10.6 Å². The molecule has 0 aromatic heterocycles. The molecule has 0 saturated heterocycles. The van der Waals surface area contributed by atoms with Gasteiger partial charge >= 0.3 is 0 Å². The number of aryl methyl sites for hydroxylation is 1. The summed E-state index contributed by atoms with van der Waals surface area (Å²) >= 11 is 5.95. The zero-order chi connectivity index (χ0) is 21.5. The van der Waals surface area contributed by atoms with Crippen molar-refractivity contribution >= 4 is 23.2 Å². The number of nitrogens with one attached hydrogen (secondary N) is 2. The summed E-state index contributed by atoms with van der Waals surface area (Å²) in [6.07, 6.45) is 5.34. The Morgan fingerprint density at radius 1 is 0.839 bits per heavy atom. The van der Waals surface area contributed by atoms with Gasteiger partial charge in [-0.3, -0.25) is 4.79 Å². The van der Waals surface area contributed by atoms with E-state index in [1.54, 1.807) is 0 Å². The molecule has 31 heavy (non-hydrogen) atoms. The Balaban J connectivity index is 1.20. The smallest absolute Gasteiger partial charge is 0.224 e. The molecule has 0 heterocycles. The molecule has 1 amide bonds. The summed E-state index contributed by atoms with van der Waals surface area (Å²) in [5, 5.41) is 7.23. The van der Waals surface area contributed by atoms with Crippen molar-refractivity contribution < 1.29 is 4.79 Å². The first-order valence-electron chi connectivity index (χ1n) is 11.1. The van der Waals surface area contributed by atoms with Gasteiger partial charge in [0.05, 0.1) is 0 Å². The van der Waals surface area contributed by atoms with Crippen molar-refractivity contribution in [3.63, 3.8) is 0 Å². The third kappa shape index (κ3) is 6.95. The van der Waals surface area contributed by atoms with Crippen molar-refractivity contribution in [2.45, 2.75) is 38.6 Å². The fraction of sp³-hybridized carbons (Fsp3) is 0.296. The highest BCUT2D eigenvalue weighted by Gasteiger charge is 2.19. The van der Waals surface area contributed by atoms with Crippen LogP contribution in [0.3, 0.4) is 0 Å². The molecule has 3 nitrogen and oxygen atoms in total. The second-order valence-electron chi connectivity index (χ2n) is 8.36. The molecule has 2 N–H and O–H groups in total. The maximum absolute atomic E-state index is 12.3. The third-order valence-corrected chi connectivity index (χ3v) is 6.02. The molecular weight excluding hydrogens is 404 g/mol. The monoisotopic (exact) mass is 432 g/mol. The number of anilines is 1. The van der Waals surface area contributed by atoms with Crippen LogP contribution in [0.4, 0.5) is 5.69 Å². The minimum Gasteiger partial charge on any atom is -0.326 e. The van der Waals surface area contributed by atoms with Gasteiger partial charge in [0, 0.05) is 23.7 Å². The lowest BCUT2D eigenvalue weighted by Crippen LogP contribution is -2.15. The van der Waals surface area contributed by atoms with Crippen molar-refractivity contribution in [2.24, 2.45) is 5.92 Å². The Morgan fingerprint density at radius 3 is 2.10 bits per heavy atom. The number of rotatable bonds is 10. The van der Waals surface area contributed by atoms with E-state index in [0.29, 0.717) is 6.42 Å². The van der Waals surface area contributed by atoms with Gasteiger partial charge in [0.1, 0.15) is 0 Å². The van der Waals surface area contributed by atoms with Crippen LogP contribution in [0.2, 0.25) is 5.02 Å². The van der Waals surface area contributed by atoms with Crippen molar-refractivity contribution in [1.29, 1.82) is 0 Å². The number of halogens is 1. The van der Waals surface area contributed by atoms with E-state index in [2.05, 4.69) is 34.9 Å². The summed E-state index contributed by atoms with van der Waals surface area (Å²) in [4.78, 5) is 12.3. The minimum atomic E-state index is 0.0325. The van der Waals surface area contributed by atoms with Crippen LogP contribution in [0.5, 0.6) is 0 Å². The van der Waals surface area contributed by atoms with Gasteiger partial charge in [-0.1, -0.05) is 73.0 Å². The first kappa shape index (κ1) is 21.6. The lowest BCUT2D eigenvalue weighted by Gasteiger charge is -2.08. The predicted molar refractivity (Wildman–Crippen MR) is 129 cm³/mol. The van der Waals surface area contributed by atoms with Gasteiger partial charge in [0.2, 0.25) is 5.91 Å². The normalized spacial score (nSPS) is 13.2. The highest BCUT2D eigenvalue weighted by Crippen LogP contribution is 2.31. The largest absolute Gasteiger partial charge is 0.326 e. The SMILES string of the molecule is O=C(CCc1ccc(CNCCC2CC2)cc1)Nc1ccc(-c2ccc(Cl)cc2)cc1. The number of amides is 1. The van der Waals surface area contributed by atoms with E-state index in [1.165, 1.54) is 30.4 Å². The van der Waals surface area contributed by atoms with Gasteiger partial charge in [-0.05, 0) is 71.8 Å². The van der Waals surface area contributed by atoms with Crippen molar-refractivity contribution in [1.82, 2.24) is 5.32 Å². The van der Waals surface area contributed by atoms with Gasteiger partial charge < -0.3 is 10.6 Å². The zero-order valence-corrected chi connectivity index (χ0v) is 18.5. The summed E-state index contributed by atoms with van der Waals surface area (Å²) in [6.45, 7) is 2.02. The number of hydrogen-bond acceptors (Lipinski definition) is 2. The summed E-state index contributed by atoms with van der Waals surface area (Å²) in [5.41, 5.74) is 5.50. The molecule has 0 spiro atoms. The standard InChI is InChI=1S/C27H29ClN2O/c28-25-12-8-23(9-13-25)24-10-14-26(15-11-24)30-27(31)16-7-20-3-5-22(6-4-20)19-29-18-17-21-1-2-21/h3-6,8-15,21,29H,1-2,7,16-19H2,(H,30,31). The average Bonchev–Trinajstić information content (AvgIpc) is 3.62. The van der Waals surface area contributed by atoms with Crippen LogP contribution in [0, 0.1) is 5.92 Å². The van der Waals surface area contributed by atoms with Gasteiger partial charge in [0.25, 0.3) is 0 Å².